The Balaban J connectivity index is 1.86. The molecule has 120 valence electrons. The Morgan fingerprint density at radius 2 is 1.42 bits per heavy atom. The molecule has 3 aromatic rings. The fourth-order valence-electron chi connectivity index (χ4n) is 2.89. The third kappa shape index (κ3) is 3.90. The predicted octanol–water partition coefficient (Wildman–Crippen LogP) is 4.44. The summed E-state index contributed by atoms with van der Waals surface area (Å²) in [6.07, 6.45) is 0.385. The summed E-state index contributed by atoms with van der Waals surface area (Å²) in [5, 5.41) is 3.20. The van der Waals surface area contributed by atoms with E-state index in [-0.39, 0.29) is 11.9 Å². The first-order valence-corrected chi connectivity index (χ1v) is 8.18. The van der Waals surface area contributed by atoms with Crippen LogP contribution in [0.25, 0.3) is 0 Å². The maximum atomic E-state index is 12.6. The molecule has 0 bridgehead atoms. The molecule has 0 aliphatic rings. The van der Waals surface area contributed by atoms with E-state index in [2.05, 4.69) is 36.5 Å². The van der Waals surface area contributed by atoms with Crippen LogP contribution in [0.1, 0.15) is 28.3 Å². The molecule has 2 heteroatoms. The van der Waals surface area contributed by atoms with Crippen molar-refractivity contribution in [2.45, 2.75) is 19.4 Å². The standard InChI is InChI=1S/C22H21NO/c1-17-10-8-9-15-20(17)22(19-13-6-3-7-14-19)23-21(24)16-18-11-4-2-5-12-18/h2-15,22H,16H2,1H3,(H,23,24). The summed E-state index contributed by atoms with van der Waals surface area (Å²) in [4.78, 5) is 12.6. The molecule has 0 heterocycles. The van der Waals surface area contributed by atoms with Crippen LogP contribution in [0.5, 0.6) is 0 Å². The van der Waals surface area contributed by atoms with E-state index in [9.17, 15) is 4.79 Å². The monoisotopic (exact) mass is 315 g/mol. The summed E-state index contributed by atoms with van der Waals surface area (Å²) in [6.45, 7) is 2.08. The molecule has 0 saturated heterocycles. The van der Waals surface area contributed by atoms with Crippen LogP contribution < -0.4 is 5.32 Å². The number of hydrogen-bond donors (Lipinski definition) is 1. The smallest absolute Gasteiger partial charge is 0.225 e. The summed E-state index contributed by atoms with van der Waals surface area (Å²) in [7, 11) is 0. The van der Waals surface area contributed by atoms with Gasteiger partial charge in [0.25, 0.3) is 0 Å². The second kappa shape index (κ2) is 7.60. The molecule has 1 unspecified atom stereocenters. The Morgan fingerprint density at radius 3 is 2.08 bits per heavy atom. The zero-order chi connectivity index (χ0) is 16.8. The van der Waals surface area contributed by atoms with Gasteiger partial charge >= 0.3 is 0 Å². The number of benzene rings is 3. The Labute approximate surface area is 143 Å². The van der Waals surface area contributed by atoms with Gasteiger partial charge in [0.1, 0.15) is 0 Å². The molecule has 24 heavy (non-hydrogen) atoms. The van der Waals surface area contributed by atoms with Gasteiger partial charge in [-0.2, -0.15) is 0 Å². The minimum absolute atomic E-state index is 0.0262. The van der Waals surface area contributed by atoms with Crippen LogP contribution in [-0.4, -0.2) is 5.91 Å². The van der Waals surface area contributed by atoms with Gasteiger partial charge < -0.3 is 5.32 Å². The molecule has 0 saturated carbocycles. The van der Waals surface area contributed by atoms with E-state index in [1.807, 2.05) is 60.7 Å². The number of hydrogen-bond acceptors (Lipinski definition) is 1. The number of carbonyl (C=O) groups is 1. The molecule has 0 spiro atoms. The summed E-state index contributed by atoms with van der Waals surface area (Å²) in [5.74, 6) is 0.0262. The number of amides is 1. The first-order chi connectivity index (χ1) is 11.7. The zero-order valence-corrected chi connectivity index (χ0v) is 13.8. The van der Waals surface area contributed by atoms with Crippen molar-refractivity contribution < 1.29 is 4.79 Å². The van der Waals surface area contributed by atoms with Gasteiger partial charge in [-0.25, -0.2) is 0 Å². The van der Waals surface area contributed by atoms with Gasteiger partial charge in [-0.15, -0.1) is 0 Å². The highest BCUT2D eigenvalue weighted by Crippen LogP contribution is 2.24. The molecule has 1 amide bonds. The first-order valence-electron chi connectivity index (χ1n) is 8.18. The van der Waals surface area contributed by atoms with Crippen molar-refractivity contribution in [1.82, 2.24) is 5.32 Å². The number of aryl methyl sites for hydroxylation is 1. The van der Waals surface area contributed by atoms with Gasteiger partial charge in [0.05, 0.1) is 12.5 Å². The number of nitrogens with one attached hydrogen (secondary N) is 1. The van der Waals surface area contributed by atoms with Crippen molar-refractivity contribution in [3.8, 4) is 0 Å². The van der Waals surface area contributed by atoms with Crippen LogP contribution in [0.2, 0.25) is 0 Å². The van der Waals surface area contributed by atoms with Gasteiger partial charge in [0, 0.05) is 0 Å². The molecule has 0 radical (unpaired) electrons. The highest BCUT2D eigenvalue weighted by molar-refractivity contribution is 5.79. The van der Waals surface area contributed by atoms with Gasteiger partial charge in [0.15, 0.2) is 0 Å². The van der Waals surface area contributed by atoms with E-state index >= 15 is 0 Å². The van der Waals surface area contributed by atoms with Crippen LogP contribution in [0, 0.1) is 6.92 Å². The fourth-order valence-corrected chi connectivity index (χ4v) is 2.89. The number of rotatable bonds is 5. The Kier molecular flexibility index (Phi) is 5.07. The predicted molar refractivity (Wildman–Crippen MR) is 97.8 cm³/mol. The van der Waals surface area contributed by atoms with Crippen molar-refractivity contribution in [3.05, 3.63) is 107 Å². The molecule has 0 aromatic heterocycles. The van der Waals surface area contributed by atoms with Crippen molar-refractivity contribution in [3.63, 3.8) is 0 Å². The lowest BCUT2D eigenvalue weighted by atomic mass is 9.94. The normalized spacial score (nSPS) is 11.7. The minimum Gasteiger partial charge on any atom is -0.345 e. The second-order valence-electron chi connectivity index (χ2n) is 5.93. The van der Waals surface area contributed by atoms with Crippen molar-refractivity contribution >= 4 is 5.91 Å². The van der Waals surface area contributed by atoms with Gasteiger partial charge in [-0.1, -0.05) is 84.9 Å². The van der Waals surface area contributed by atoms with Gasteiger partial charge in [-0.05, 0) is 29.2 Å². The molecule has 0 fully saturated rings. The van der Waals surface area contributed by atoms with Crippen LogP contribution in [-0.2, 0) is 11.2 Å². The second-order valence-corrected chi connectivity index (χ2v) is 5.93. The van der Waals surface area contributed by atoms with Crippen LogP contribution in [0.3, 0.4) is 0 Å². The van der Waals surface area contributed by atoms with E-state index in [0.717, 1.165) is 16.7 Å². The van der Waals surface area contributed by atoms with E-state index < -0.39 is 0 Å². The molecule has 1 atom stereocenters. The topological polar surface area (TPSA) is 29.1 Å². The third-order valence-electron chi connectivity index (χ3n) is 4.15. The zero-order valence-electron chi connectivity index (χ0n) is 13.8. The summed E-state index contributed by atoms with van der Waals surface area (Å²) >= 11 is 0. The Morgan fingerprint density at radius 1 is 0.833 bits per heavy atom. The minimum atomic E-state index is -0.136. The van der Waals surface area contributed by atoms with E-state index in [0.29, 0.717) is 6.42 Å². The Bertz CT molecular complexity index is 796. The molecule has 3 rings (SSSR count). The average Bonchev–Trinajstić information content (AvgIpc) is 2.62. The van der Waals surface area contributed by atoms with Crippen molar-refractivity contribution in [1.29, 1.82) is 0 Å². The molecular weight excluding hydrogens is 294 g/mol. The lowest BCUT2D eigenvalue weighted by molar-refractivity contribution is -0.120. The number of carbonyl (C=O) groups excluding carboxylic acids is 1. The van der Waals surface area contributed by atoms with Gasteiger partial charge in [-0.3, -0.25) is 4.79 Å². The fraction of sp³-hybridized carbons (Fsp3) is 0.136. The molecule has 1 N–H and O–H groups in total. The SMILES string of the molecule is Cc1ccccc1C(NC(=O)Cc1ccccc1)c1ccccc1. The van der Waals surface area contributed by atoms with Gasteiger partial charge in [0.2, 0.25) is 5.91 Å². The van der Waals surface area contributed by atoms with E-state index in [1.54, 1.807) is 0 Å². The Hall–Kier alpha value is -2.87. The molecule has 0 aliphatic carbocycles. The van der Waals surface area contributed by atoms with Crippen LogP contribution in [0.15, 0.2) is 84.9 Å². The highest BCUT2D eigenvalue weighted by atomic mass is 16.1. The molecule has 0 aliphatic heterocycles. The largest absolute Gasteiger partial charge is 0.345 e. The summed E-state index contributed by atoms with van der Waals surface area (Å²) in [5.41, 5.74) is 4.41. The van der Waals surface area contributed by atoms with Crippen LogP contribution >= 0.6 is 0 Å². The molecule has 3 aromatic carbocycles. The van der Waals surface area contributed by atoms with E-state index in [1.165, 1.54) is 5.56 Å². The molecular formula is C22H21NO. The lowest BCUT2D eigenvalue weighted by Gasteiger charge is -2.21. The average molecular weight is 315 g/mol. The lowest BCUT2D eigenvalue weighted by Crippen LogP contribution is -2.31. The summed E-state index contributed by atoms with van der Waals surface area (Å²) in [6, 6.07) is 28.0. The first kappa shape index (κ1) is 16.0. The summed E-state index contributed by atoms with van der Waals surface area (Å²) < 4.78 is 0. The van der Waals surface area contributed by atoms with Crippen LogP contribution in [0.4, 0.5) is 0 Å². The van der Waals surface area contributed by atoms with Crippen molar-refractivity contribution in [2.24, 2.45) is 0 Å². The van der Waals surface area contributed by atoms with E-state index in [4.69, 9.17) is 0 Å². The quantitative estimate of drug-likeness (QED) is 0.741. The molecule has 2 nitrogen and oxygen atoms in total. The maximum Gasteiger partial charge on any atom is 0.225 e. The van der Waals surface area contributed by atoms with Crippen molar-refractivity contribution in [2.75, 3.05) is 0 Å². The third-order valence-corrected chi connectivity index (χ3v) is 4.15. The maximum absolute atomic E-state index is 12.6. The highest BCUT2D eigenvalue weighted by Gasteiger charge is 2.18.